The summed E-state index contributed by atoms with van der Waals surface area (Å²) in [4.78, 5) is 12.3. The van der Waals surface area contributed by atoms with Crippen LogP contribution in [0.1, 0.15) is 11.3 Å². The average Bonchev–Trinajstić information content (AvgIpc) is 2.84. The van der Waals surface area contributed by atoms with E-state index in [1.54, 1.807) is 36.1 Å². The van der Waals surface area contributed by atoms with Crippen molar-refractivity contribution < 1.29 is 9.53 Å². The van der Waals surface area contributed by atoms with Gasteiger partial charge in [-0.25, -0.2) is 0 Å². The van der Waals surface area contributed by atoms with Crippen molar-refractivity contribution in [3.05, 3.63) is 46.2 Å². The Morgan fingerprint density at radius 2 is 2.26 bits per heavy atom. The predicted octanol–water partition coefficient (Wildman–Crippen LogP) is 2.94. The highest BCUT2D eigenvalue weighted by Crippen LogP contribution is 2.28. The highest BCUT2D eigenvalue weighted by atomic mass is 35.5. The summed E-state index contributed by atoms with van der Waals surface area (Å²) < 4.78 is 6.83. The van der Waals surface area contributed by atoms with Crippen LogP contribution >= 0.6 is 11.6 Å². The molecular weight excluding hydrogens is 316 g/mol. The molecule has 0 bridgehead atoms. The normalized spacial score (nSPS) is 11.0. The number of hydrogen-bond acceptors (Lipinski definition) is 4. The summed E-state index contributed by atoms with van der Waals surface area (Å²) in [6, 6.07) is 6.74. The molecule has 0 radical (unpaired) electrons. The van der Waals surface area contributed by atoms with Crippen LogP contribution in [-0.4, -0.2) is 22.8 Å². The summed E-state index contributed by atoms with van der Waals surface area (Å²) in [6.45, 7) is 1.85. The van der Waals surface area contributed by atoms with E-state index in [1.165, 1.54) is 13.2 Å². The number of nitriles is 1. The van der Waals surface area contributed by atoms with E-state index in [0.717, 1.165) is 5.69 Å². The monoisotopic (exact) mass is 330 g/mol. The van der Waals surface area contributed by atoms with Crippen LogP contribution in [0, 0.1) is 18.3 Å². The number of methoxy groups -OCH3 is 1. The summed E-state index contributed by atoms with van der Waals surface area (Å²) in [5.74, 6) is -0.0890. The van der Waals surface area contributed by atoms with Gasteiger partial charge >= 0.3 is 0 Å². The maximum Gasteiger partial charge on any atom is 0.266 e. The number of rotatable bonds is 4. The fourth-order valence-electron chi connectivity index (χ4n) is 1.93. The number of hydrogen-bond donors (Lipinski definition) is 1. The molecule has 0 spiro atoms. The Morgan fingerprint density at radius 3 is 2.83 bits per heavy atom. The second kappa shape index (κ2) is 6.99. The zero-order valence-electron chi connectivity index (χ0n) is 12.9. The van der Waals surface area contributed by atoms with Crippen LogP contribution in [0.25, 0.3) is 6.08 Å². The molecule has 0 aliphatic heterocycles. The lowest BCUT2D eigenvalue weighted by atomic mass is 10.1. The van der Waals surface area contributed by atoms with E-state index in [-0.39, 0.29) is 5.57 Å². The lowest BCUT2D eigenvalue weighted by Gasteiger charge is -2.10. The number of nitrogens with one attached hydrogen (secondary N) is 1. The van der Waals surface area contributed by atoms with Crippen molar-refractivity contribution in [2.24, 2.45) is 7.05 Å². The van der Waals surface area contributed by atoms with Crippen LogP contribution in [0.3, 0.4) is 0 Å². The predicted molar refractivity (Wildman–Crippen MR) is 88.2 cm³/mol. The maximum atomic E-state index is 12.3. The fraction of sp³-hybridized carbons (Fsp3) is 0.188. The SMILES string of the molecule is COc1ccc(Cl)cc1NC(=O)/C(C#N)=C/c1cnn(C)c1C. The molecule has 118 valence electrons. The van der Waals surface area contributed by atoms with Gasteiger partial charge in [-0.15, -0.1) is 0 Å². The zero-order chi connectivity index (χ0) is 17.0. The highest BCUT2D eigenvalue weighted by molar-refractivity contribution is 6.31. The summed E-state index contributed by atoms with van der Waals surface area (Å²) in [5, 5.41) is 16.4. The van der Waals surface area contributed by atoms with Crippen molar-refractivity contribution in [3.63, 3.8) is 0 Å². The third kappa shape index (κ3) is 3.71. The van der Waals surface area contributed by atoms with Gasteiger partial charge in [0, 0.05) is 23.3 Å². The molecular formula is C16H15ClN4O2. The Kier molecular flexibility index (Phi) is 5.04. The van der Waals surface area contributed by atoms with E-state index in [1.807, 2.05) is 13.0 Å². The number of carbonyl (C=O) groups excluding carboxylic acids is 1. The van der Waals surface area contributed by atoms with Gasteiger partial charge in [-0.05, 0) is 31.2 Å². The van der Waals surface area contributed by atoms with Gasteiger partial charge in [0.2, 0.25) is 0 Å². The second-order valence-corrected chi connectivity index (χ2v) is 5.21. The molecule has 0 saturated carbocycles. The van der Waals surface area contributed by atoms with Crippen LogP contribution in [-0.2, 0) is 11.8 Å². The first-order chi connectivity index (χ1) is 11.0. The van der Waals surface area contributed by atoms with E-state index in [2.05, 4.69) is 10.4 Å². The van der Waals surface area contributed by atoms with Crippen LogP contribution in [0.4, 0.5) is 5.69 Å². The molecule has 0 unspecified atom stereocenters. The maximum absolute atomic E-state index is 12.3. The van der Waals surface area contributed by atoms with Gasteiger partial charge in [-0.3, -0.25) is 9.48 Å². The second-order valence-electron chi connectivity index (χ2n) is 4.78. The van der Waals surface area contributed by atoms with E-state index >= 15 is 0 Å². The first-order valence-electron chi connectivity index (χ1n) is 6.71. The van der Waals surface area contributed by atoms with E-state index in [4.69, 9.17) is 16.3 Å². The summed E-state index contributed by atoms with van der Waals surface area (Å²) in [5.41, 5.74) is 1.92. The Morgan fingerprint density at radius 1 is 1.52 bits per heavy atom. The van der Waals surface area contributed by atoms with Crippen LogP contribution < -0.4 is 10.1 Å². The number of halogens is 1. The Labute approximate surface area is 138 Å². The first-order valence-corrected chi connectivity index (χ1v) is 7.09. The number of ether oxygens (including phenoxy) is 1. The van der Waals surface area contributed by atoms with Gasteiger partial charge in [-0.1, -0.05) is 11.6 Å². The van der Waals surface area contributed by atoms with Gasteiger partial charge in [0.25, 0.3) is 5.91 Å². The lowest BCUT2D eigenvalue weighted by Crippen LogP contribution is -2.14. The number of aromatic nitrogens is 2. The van der Waals surface area contributed by atoms with Gasteiger partial charge in [-0.2, -0.15) is 10.4 Å². The molecule has 0 atom stereocenters. The number of amides is 1. The van der Waals surface area contributed by atoms with E-state index < -0.39 is 5.91 Å². The summed E-state index contributed by atoms with van der Waals surface area (Å²) in [7, 11) is 3.27. The molecule has 1 aromatic heterocycles. The lowest BCUT2D eigenvalue weighted by molar-refractivity contribution is -0.112. The minimum Gasteiger partial charge on any atom is -0.495 e. The molecule has 6 nitrogen and oxygen atoms in total. The number of aryl methyl sites for hydroxylation is 1. The van der Waals surface area contributed by atoms with Crippen LogP contribution in [0.15, 0.2) is 30.0 Å². The zero-order valence-corrected chi connectivity index (χ0v) is 13.7. The third-order valence-electron chi connectivity index (χ3n) is 3.35. The van der Waals surface area contributed by atoms with Crippen molar-refractivity contribution in [2.45, 2.75) is 6.92 Å². The minimum atomic E-state index is -0.545. The Bertz CT molecular complexity index is 818. The smallest absolute Gasteiger partial charge is 0.266 e. The summed E-state index contributed by atoms with van der Waals surface area (Å²) >= 11 is 5.93. The summed E-state index contributed by atoms with van der Waals surface area (Å²) in [6.07, 6.45) is 3.09. The molecule has 0 aliphatic rings. The minimum absolute atomic E-state index is 0.0388. The molecule has 2 aromatic rings. The molecule has 0 fully saturated rings. The van der Waals surface area contributed by atoms with Gasteiger partial charge < -0.3 is 10.1 Å². The molecule has 0 aliphatic carbocycles. The third-order valence-corrected chi connectivity index (χ3v) is 3.58. The number of nitrogens with zero attached hydrogens (tertiary/aromatic N) is 3. The van der Waals surface area contributed by atoms with E-state index in [9.17, 15) is 10.1 Å². The highest BCUT2D eigenvalue weighted by Gasteiger charge is 2.14. The van der Waals surface area contributed by atoms with Crippen molar-refractivity contribution in [1.82, 2.24) is 9.78 Å². The molecule has 1 heterocycles. The van der Waals surface area contributed by atoms with E-state index in [0.29, 0.717) is 22.0 Å². The van der Waals surface area contributed by atoms with Gasteiger partial charge in [0.05, 0.1) is 19.0 Å². The molecule has 1 aromatic carbocycles. The van der Waals surface area contributed by atoms with Crippen molar-refractivity contribution >= 4 is 29.3 Å². The number of benzene rings is 1. The number of carbonyl (C=O) groups is 1. The number of anilines is 1. The Hall–Kier alpha value is -2.78. The van der Waals surface area contributed by atoms with Crippen molar-refractivity contribution in [2.75, 3.05) is 12.4 Å². The standard InChI is InChI=1S/C16H15ClN4O2/c1-10-12(9-19-21(10)2)6-11(8-18)16(22)20-14-7-13(17)4-5-15(14)23-3/h4-7,9H,1-3H3,(H,20,22)/b11-6+. The van der Waals surface area contributed by atoms with Crippen molar-refractivity contribution in [3.8, 4) is 11.8 Å². The van der Waals surface area contributed by atoms with Crippen molar-refractivity contribution in [1.29, 1.82) is 5.26 Å². The topological polar surface area (TPSA) is 79.9 Å². The van der Waals surface area contributed by atoms with Gasteiger partial charge in [0.15, 0.2) is 0 Å². The van der Waals surface area contributed by atoms with Gasteiger partial charge in [0.1, 0.15) is 17.4 Å². The molecule has 23 heavy (non-hydrogen) atoms. The van der Waals surface area contributed by atoms with Crippen LogP contribution in [0.5, 0.6) is 5.75 Å². The molecule has 7 heteroatoms. The van der Waals surface area contributed by atoms with Crippen LogP contribution in [0.2, 0.25) is 5.02 Å². The fourth-order valence-corrected chi connectivity index (χ4v) is 2.10. The molecule has 1 N–H and O–H groups in total. The quantitative estimate of drug-likeness (QED) is 0.690. The average molecular weight is 331 g/mol. The molecule has 0 saturated heterocycles. The largest absolute Gasteiger partial charge is 0.495 e. The first kappa shape index (κ1) is 16.6. The molecule has 1 amide bonds. The Balaban J connectivity index is 2.30. The molecule has 2 rings (SSSR count).